The van der Waals surface area contributed by atoms with Gasteiger partial charge in [-0.2, -0.15) is 92.2 Å². The van der Waals surface area contributed by atoms with Crippen molar-refractivity contribution in [3.63, 3.8) is 0 Å². The molecule has 0 N–H and O–H groups in total. The molecule has 262 valence electrons. The zero-order valence-corrected chi connectivity index (χ0v) is 21.6. The average molecular weight is 708 g/mol. The van der Waals surface area contributed by atoms with E-state index in [0.717, 1.165) is 0 Å². The molecule has 0 atom stereocenters. The van der Waals surface area contributed by atoms with E-state index in [2.05, 4.69) is 0 Å². The molecule has 1 nitrogen and oxygen atoms in total. The van der Waals surface area contributed by atoms with Crippen molar-refractivity contribution in [1.29, 1.82) is 0 Å². The van der Waals surface area contributed by atoms with Gasteiger partial charge < -0.3 is 4.74 Å². The van der Waals surface area contributed by atoms with Crippen LogP contribution in [0.5, 0.6) is 5.75 Å². The van der Waals surface area contributed by atoms with Crippen LogP contribution >= 0.6 is 0 Å². The number of hydrogen-bond acceptors (Lipinski definition) is 1. The van der Waals surface area contributed by atoms with Crippen molar-refractivity contribution in [2.75, 3.05) is 7.11 Å². The minimum Gasteiger partial charge on any atom is -0.497 e. The van der Waals surface area contributed by atoms with Crippen LogP contribution in [-0.2, 0) is 0 Å². The lowest BCUT2D eigenvalue weighted by molar-refractivity contribution is -0.475. The van der Waals surface area contributed by atoms with Crippen molar-refractivity contribution in [2.24, 2.45) is 5.92 Å². The fraction of sp³-hybridized carbons (Fsp3) is 0.739. The summed E-state index contributed by atoms with van der Waals surface area (Å²) in [5, 5.41) is 0. The van der Waals surface area contributed by atoms with Crippen molar-refractivity contribution >= 4 is 0 Å². The van der Waals surface area contributed by atoms with Crippen LogP contribution in [0.25, 0.3) is 0 Å². The molecule has 22 heteroatoms. The highest BCUT2D eigenvalue weighted by Crippen LogP contribution is 2.67. The maximum absolute atomic E-state index is 14.6. The predicted octanol–water partition coefficient (Wildman–Crippen LogP) is 10.2. The Labute approximate surface area is 237 Å². The molecule has 0 aliphatic heterocycles. The molecule has 0 bridgehead atoms. The van der Waals surface area contributed by atoms with E-state index in [1.165, 1.54) is 31.4 Å². The number of rotatable bonds is 11. The molecular formula is C23H17F21O. The summed E-state index contributed by atoms with van der Waals surface area (Å²) in [7, 11) is 1.26. The quantitative estimate of drug-likeness (QED) is 0.208. The van der Waals surface area contributed by atoms with E-state index >= 15 is 0 Å². The second-order valence-electron chi connectivity index (χ2n) is 10.0. The number of halogens is 21. The first kappa shape index (κ1) is 38.7. The van der Waals surface area contributed by atoms with Crippen LogP contribution in [0, 0.1) is 5.92 Å². The van der Waals surface area contributed by atoms with Crippen LogP contribution in [-0.4, -0.2) is 66.6 Å². The summed E-state index contributed by atoms with van der Waals surface area (Å²) in [5.41, 5.74) is 0.344. The number of methoxy groups -OCH3 is 1. The molecule has 0 radical (unpaired) electrons. The van der Waals surface area contributed by atoms with E-state index in [1.807, 2.05) is 0 Å². The molecule has 1 aromatic rings. The first-order valence-electron chi connectivity index (χ1n) is 11.9. The summed E-state index contributed by atoms with van der Waals surface area (Å²) in [4.78, 5) is 0. The fourth-order valence-corrected chi connectivity index (χ4v) is 4.49. The Morgan fingerprint density at radius 2 is 0.756 bits per heavy atom. The topological polar surface area (TPSA) is 9.23 Å². The number of ether oxygens (including phenoxy) is 1. The molecule has 1 fully saturated rings. The Hall–Kier alpha value is -2.45. The molecule has 0 heterocycles. The third-order valence-electron chi connectivity index (χ3n) is 7.36. The third-order valence-corrected chi connectivity index (χ3v) is 7.36. The lowest BCUT2D eigenvalue weighted by atomic mass is 9.73. The van der Waals surface area contributed by atoms with Gasteiger partial charge in [0.05, 0.1) is 7.11 Å². The molecule has 0 aromatic heterocycles. The molecular weight excluding hydrogens is 691 g/mol. The molecule has 0 unspecified atom stereocenters. The second kappa shape index (κ2) is 11.1. The van der Waals surface area contributed by atoms with Crippen LogP contribution in [0.4, 0.5) is 92.2 Å². The van der Waals surface area contributed by atoms with Crippen LogP contribution in [0.2, 0.25) is 0 Å². The van der Waals surface area contributed by atoms with Crippen molar-refractivity contribution in [3.05, 3.63) is 29.8 Å². The van der Waals surface area contributed by atoms with Crippen molar-refractivity contribution in [2.45, 2.75) is 91.1 Å². The fourth-order valence-electron chi connectivity index (χ4n) is 4.49. The van der Waals surface area contributed by atoms with E-state index in [1.54, 1.807) is 0 Å². The van der Waals surface area contributed by atoms with Crippen LogP contribution < -0.4 is 4.74 Å². The Balaban J connectivity index is 2.48. The van der Waals surface area contributed by atoms with Gasteiger partial charge in [-0.05, 0) is 49.3 Å². The minimum absolute atomic E-state index is 0.291. The van der Waals surface area contributed by atoms with Gasteiger partial charge in [0, 0.05) is 5.92 Å². The summed E-state index contributed by atoms with van der Waals surface area (Å²) in [6.45, 7) is 0. The Kier molecular flexibility index (Phi) is 9.53. The average Bonchev–Trinajstić information content (AvgIpc) is 2.91. The molecule has 0 amide bonds. The molecule has 0 saturated heterocycles. The smallest absolute Gasteiger partial charge is 0.460 e. The van der Waals surface area contributed by atoms with Crippen LogP contribution in [0.15, 0.2) is 24.3 Å². The van der Waals surface area contributed by atoms with Crippen molar-refractivity contribution in [1.82, 2.24) is 0 Å². The van der Waals surface area contributed by atoms with Gasteiger partial charge in [-0.1, -0.05) is 12.1 Å². The molecule has 45 heavy (non-hydrogen) atoms. The molecule has 2 rings (SSSR count). The van der Waals surface area contributed by atoms with Gasteiger partial charge in [-0.25, -0.2) is 0 Å². The number of benzene rings is 1. The van der Waals surface area contributed by atoms with Gasteiger partial charge in [-0.3, -0.25) is 0 Å². The lowest BCUT2D eigenvalue weighted by Gasteiger charge is -2.46. The molecule has 1 aromatic carbocycles. The third kappa shape index (κ3) is 5.32. The summed E-state index contributed by atoms with van der Waals surface area (Å²) >= 11 is 0. The molecule has 0 spiro atoms. The normalized spacial score (nSPS) is 20.8. The molecule has 1 saturated carbocycles. The Morgan fingerprint density at radius 3 is 1.07 bits per heavy atom. The van der Waals surface area contributed by atoms with Gasteiger partial charge in [0.25, 0.3) is 0 Å². The van der Waals surface area contributed by atoms with E-state index in [0.29, 0.717) is 11.3 Å². The highest BCUT2D eigenvalue weighted by Gasteiger charge is 2.98. The van der Waals surface area contributed by atoms with Crippen LogP contribution in [0.1, 0.15) is 37.2 Å². The Bertz CT molecular complexity index is 1180. The second-order valence-corrected chi connectivity index (χ2v) is 10.0. The lowest BCUT2D eigenvalue weighted by Crippen LogP contribution is -2.77. The maximum atomic E-state index is 14.6. The first-order chi connectivity index (χ1) is 19.8. The van der Waals surface area contributed by atoms with Crippen LogP contribution in [0.3, 0.4) is 0 Å². The standard InChI is InChI=1S/C23H17F21O/c1-45-13-8-4-11(5-9-13)10-2-6-12(7-3-10)14(24,25)15(26,27)16(28,29)17(30,31)18(32,33)19(34,35)20(36,37)21(38,39)22(40,41)23(42,43)44/h4-5,8-10,12H,2-3,6-7H2,1H3/t10-,12-. The van der Waals surface area contributed by atoms with Gasteiger partial charge >= 0.3 is 59.5 Å². The molecule has 1 aliphatic carbocycles. The number of hydrogen-bond donors (Lipinski definition) is 0. The SMILES string of the molecule is COc1ccc([C@H]2CC[C@H](C(F)(F)C(F)(F)C(F)(F)C(F)(F)C(F)(F)C(F)(F)C(F)(F)C(F)(F)C(F)(F)C(F)(F)F)CC2)cc1. The monoisotopic (exact) mass is 708 g/mol. The minimum atomic E-state index is -9.16. The van der Waals surface area contributed by atoms with Gasteiger partial charge in [0.1, 0.15) is 5.75 Å². The summed E-state index contributed by atoms with van der Waals surface area (Å²) in [6, 6.07) is 5.42. The predicted molar refractivity (Wildman–Crippen MR) is 108 cm³/mol. The largest absolute Gasteiger partial charge is 0.497 e. The first-order valence-corrected chi connectivity index (χ1v) is 11.9. The Morgan fingerprint density at radius 1 is 0.444 bits per heavy atom. The molecule has 1 aliphatic rings. The van der Waals surface area contributed by atoms with E-state index < -0.39 is 97.0 Å². The summed E-state index contributed by atoms with van der Waals surface area (Å²) in [5.74, 6) is -80.2. The van der Waals surface area contributed by atoms with E-state index in [4.69, 9.17) is 4.74 Å². The highest BCUT2D eigenvalue weighted by atomic mass is 19.4. The summed E-state index contributed by atoms with van der Waals surface area (Å²) in [6.07, 6.45) is -11.6. The zero-order chi connectivity index (χ0) is 35.7. The van der Waals surface area contributed by atoms with Gasteiger partial charge in [0.2, 0.25) is 0 Å². The maximum Gasteiger partial charge on any atom is 0.460 e. The van der Waals surface area contributed by atoms with E-state index in [-0.39, 0.29) is 0 Å². The van der Waals surface area contributed by atoms with Crippen molar-refractivity contribution in [3.8, 4) is 5.75 Å². The zero-order valence-electron chi connectivity index (χ0n) is 21.6. The summed E-state index contributed by atoms with van der Waals surface area (Å²) < 4.78 is 291. The van der Waals surface area contributed by atoms with Gasteiger partial charge in [-0.15, -0.1) is 0 Å². The highest BCUT2D eigenvalue weighted by molar-refractivity contribution is 5.30. The number of alkyl halides is 21. The van der Waals surface area contributed by atoms with E-state index in [9.17, 15) is 92.2 Å². The van der Waals surface area contributed by atoms with Gasteiger partial charge in [0.15, 0.2) is 0 Å². The van der Waals surface area contributed by atoms with Crippen molar-refractivity contribution < 1.29 is 96.9 Å².